The number of halogens is 6. The highest BCUT2D eigenvalue weighted by atomic mass is 35.5. The number of carbonyl (C=O) groups excluding carboxylic acids is 1. The predicted octanol–water partition coefficient (Wildman–Crippen LogP) is 6.25. The van der Waals surface area contributed by atoms with Crippen molar-refractivity contribution in [2.45, 2.75) is 4.90 Å². The van der Waals surface area contributed by atoms with E-state index in [2.05, 4.69) is 5.32 Å². The molecule has 0 unspecified atom stereocenters. The standard InChI is InChI=1S/C13H9ClF5NOS/c14-12-7-2-1-6-11(12)13(21)20-9-4-3-5-10(8-9)22(15,16,17,18)19/h1-8H,(H,20,21). The summed E-state index contributed by atoms with van der Waals surface area (Å²) in [6.45, 7) is 0. The van der Waals surface area contributed by atoms with Gasteiger partial charge in [-0.2, -0.15) is 0 Å². The van der Waals surface area contributed by atoms with Gasteiger partial charge in [0.2, 0.25) is 0 Å². The lowest BCUT2D eigenvalue weighted by molar-refractivity contribution is 0.102. The number of nitrogens with one attached hydrogen (secondary N) is 1. The fourth-order valence-electron chi connectivity index (χ4n) is 1.66. The lowest BCUT2D eigenvalue weighted by Gasteiger charge is -2.40. The number of benzene rings is 2. The molecular weight excluding hydrogens is 349 g/mol. The molecule has 2 aromatic carbocycles. The van der Waals surface area contributed by atoms with Crippen LogP contribution in [0.15, 0.2) is 53.4 Å². The average molecular weight is 358 g/mol. The van der Waals surface area contributed by atoms with E-state index in [1.807, 2.05) is 0 Å². The number of amides is 1. The number of carbonyl (C=O) groups is 1. The van der Waals surface area contributed by atoms with E-state index >= 15 is 0 Å². The SMILES string of the molecule is O=C(Nc1cccc(S(F)(F)(F)(F)F)c1)c1ccccc1Cl. The summed E-state index contributed by atoms with van der Waals surface area (Å²) in [5, 5.41) is 2.20. The van der Waals surface area contributed by atoms with Crippen molar-refractivity contribution in [3.63, 3.8) is 0 Å². The van der Waals surface area contributed by atoms with Gasteiger partial charge in [0, 0.05) is 5.69 Å². The summed E-state index contributed by atoms with van der Waals surface area (Å²) in [5.74, 6) is -0.801. The van der Waals surface area contributed by atoms with Crippen LogP contribution in [-0.2, 0) is 0 Å². The molecule has 0 bridgehead atoms. The first-order valence-electron chi connectivity index (χ1n) is 5.77. The Hall–Kier alpha value is -1.80. The molecule has 1 amide bonds. The molecule has 2 aromatic rings. The number of anilines is 1. The summed E-state index contributed by atoms with van der Waals surface area (Å²) in [6, 6.07) is 8.15. The lowest BCUT2D eigenvalue weighted by atomic mass is 10.2. The molecule has 0 aliphatic heterocycles. The fraction of sp³-hybridized carbons (Fsp3) is 0. The van der Waals surface area contributed by atoms with Gasteiger partial charge >= 0.3 is 10.2 Å². The monoisotopic (exact) mass is 357 g/mol. The molecule has 0 spiro atoms. The number of rotatable bonds is 3. The van der Waals surface area contributed by atoms with Crippen LogP contribution in [0, 0.1) is 0 Å². The van der Waals surface area contributed by atoms with Gasteiger partial charge in [-0.05, 0) is 30.3 Å². The Morgan fingerprint density at radius 1 is 0.955 bits per heavy atom. The first kappa shape index (κ1) is 16.6. The maximum atomic E-state index is 12.7. The Morgan fingerprint density at radius 2 is 1.59 bits per heavy atom. The Kier molecular flexibility index (Phi) is 3.46. The highest BCUT2D eigenvalue weighted by Crippen LogP contribution is 3.02. The maximum absolute atomic E-state index is 12.7. The highest BCUT2D eigenvalue weighted by Gasteiger charge is 2.65. The quantitative estimate of drug-likeness (QED) is 0.646. The van der Waals surface area contributed by atoms with Crippen LogP contribution in [0.2, 0.25) is 5.02 Å². The van der Waals surface area contributed by atoms with E-state index < -0.39 is 26.7 Å². The lowest BCUT2D eigenvalue weighted by Crippen LogP contribution is -2.13. The zero-order valence-electron chi connectivity index (χ0n) is 10.7. The molecule has 0 aliphatic rings. The molecule has 2 rings (SSSR count). The molecule has 9 heteroatoms. The van der Waals surface area contributed by atoms with Crippen molar-refractivity contribution >= 4 is 33.4 Å². The van der Waals surface area contributed by atoms with Crippen molar-refractivity contribution in [1.82, 2.24) is 0 Å². The van der Waals surface area contributed by atoms with E-state index in [0.29, 0.717) is 0 Å². The van der Waals surface area contributed by atoms with E-state index in [1.54, 1.807) is 6.07 Å². The molecule has 2 nitrogen and oxygen atoms in total. The topological polar surface area (TPSA) is 29.1 Å². The summed E-state index contributed by atoms with van der Waals surface area (Å²) in [7, 11) is -9.79. The number of hydrogen-bond acceptors (Lipinski definition) is 1. The zero-order valence-corrected chi connectivity index (χ0v) is 12.3. The minimum atomic E-state index is -9.79. The van der Waals surface area contributed by atoms with Gasteiger partial charge in [0.25, 0.3) is 5.91 Å². The van der Waals surface area contributed by atoms with Gasteiger partial charge in [-0.25, -0.2) is 0 Å². The van der Waals surface area contributed by atoms with Gasteiger partial charge in [-0.1, -0.05) is 49.2 Å². The zero-order chi connectivity index (χ0) is 16.7. The Labute approximate surface area is 127 Å². The third-order valence-electron chi connectivity index (χ3n) is 2.66. The molecule has 0 atom stereocenters. The normalized spacial score (nSPS) is 14.8. The van der Waals surface area contributed by atoms with Crippen LogP contribution in [0.25, 0.3) is 0 Å². The molecule has 0 fully saturated rings. The first-order valence-corrected chi connectivity index (χ1v) is 8.10. The van der Waals surface area contributed by atoms with Crippen LogP contribution >= 0.6 is 21.8 Å². The second-order valence-corrected chi connectivity index (χ2v) is 7.25. The van der Waals surface area contributed by atoms with Crippen molar-refractivity contribution in [1.29, 1.82) is 0 Å². The van der Waals surface area contributed by atoms with Gasteiger partial charge in [0.05, 0.1) is 10.6 Å². The predicted molar refractivity (Wildman–Crippen MR) is 77.2 cm³/mol. The highest BCUT2D eigenvalue weighted by molar-refractivity contribution is 8.45. The fourth-order valence-corrected chi connectivity index (χ4v) is 2.56. The average Bonchev–Trinajstić information content (AvgIpc) is 2.37. The van der Waals surface area contributed by atoms with Gasteiger partial charge in [0.15, 0.2) is 0 Å². The molecule has 0 saturated heterocycles. The van der Waals surface area contributed by atoms with Crippen LogP contribution in [0.5, 0.6) is 0 Å². The second kappa shape index (κ2) is 4.60. The maximum Gasteiger partial charge on any atom is 0.310 e. The van der Waals surface area contributed by atoms with E-state index in [-0.39, 0.29) is 22.7 Å². The van der Waals surface area contributed by atoms with Gasteiger partial charge < -0.3 is 5.32 Å². The van der Waals surface area contributed by atoms with Crippen molar-refractivity contribution in [3.8, 4) is 0 Å². The van der Waals surface area contributed by atoms with Gasteiger partial charge in [-0.15, -0.1) is 0 Å². The Morgan fingerprint density at radius 3 is 2.18 bits per heavy atom. The van der Waals surface area contributed by atoms with Crippen LogP contribution in [0.3, 0.4) is 0 Å². The van der Waals surface area contributed by atoms with E-state index in [1.165, 1.54) is 18.2 Å². The third kappa shape index (κ3) is 3.89. The summed E-state index contributed by atoms with van der Waals surface area (Å²) in [6.07, 6.45) is 0. The summed E-state index contributed by atoms with van der Waals surface area (Å²) in [5.41, 5.74) is -0.391. The van der Waals surface area contributed by atoms with E-state index in [9.17, 15) is 24.2 Å². The van der Waals surface area contributed by atoms with Crippen molar-refractivity contribution in [2.24, 2.45) is 0 Å². The van der Waals surface area contributed by atoms with Crippen molar-refractivity contribution in [2.75, 3.05) is 5.32 Å². The molecule has 0 heterocycles. The van der Waals surface area contributed by atoms with Crippen LogP contribution < -0.4 is 5.32 Å². The summed E-state index contributed by atoms with van der Waals surface area (Å²) < 4.78 is 63.6. The van der Waals surface area contributed by atoms with Gasteiger partial charge in [0.1, 0.15) is 4.90 Å². The Bertz CT molecular complexity index is 748. The molecule has 0 aliphatic carbocycles. The molecule has 1 N–H and O–H groups in total. The molecule has 0 aromatic heterocycles. The molecule has 22 heavy (non-hydrogen) atoms. The van der Waals surface area contributed by atoms with E-state index in [4.69, 9.17) is 11.6 Å². The minimum Gasteiger partial charge on any atom is -0.322 e. The third-order valence-corrected chi connectivity index (χ3v) is 4.13. The molecule has 0 saturated carbocycles. The van der Waals surface area contributed by atoms with Crippen molar-refractivity contribution in [3.05, 3.63) is 59.1 Å². The van der Waals surface area contributed by atoms with Crippen molar-refractivity contribution < 1.29 is 24.2 Å². The van der Waals surface area contributed by atoms with E-state index in [0.717, 1.165) is 12.1 Å². The first-order chi connectivity index (χ1) is 9.86. The number of hydrogen-bond donors (Lipinski definition) is 1. The van der Waals surface area contributed by atoms with Crippen LogP contribution in [0.4, 0.5) is 25.1 Å². The van der Waals surface area contributed by atoms with Gasteiger partial charge in [-0.3, -0.25) is 4.79 Å². The molecule has 120 valence electrons. The summed E-state index contributed by atoms with van der Waals surface area (Å²) >= 11 is 5.78. The Balaban J connectivity index is 2.33. The largest absolute Gasteiger partial charge is 0.322 e. The van der Waals surface area contributed by atoms with Crippen LogP contribution in [0.1, 0.15) is 10.4 Å². The molecule has 0 radical (unpaired) electrons. The van der Waals surface area contributed by atoms with Crippen LogP contribution in [-0.4, -0.2) is 5.91 Å². The summed E-state index contributed by atoms with van der Waals surface area (Å²) in [4.78, 5) is 9.83. The molecular formula is C13H9ClF5NOS. The second-order valence-electron chi connectivity index (χ2n) is 4.43. The minimum absolute atomic E-state index is 0.0157. The smallest absolute Gasteiger partial charge is 0.310 e.